The Morgan fingerprint density at radius 2 is 1.71 bits per heavy atom. The number of piperazine rings is 1. The molecule has 1 aromatic heterocycles. The van der Waals surface area contributed by atoms with Gasteiger partial charge in [-0.1, -0.05) is 0 Å². The molecule has 0 amide bonds. The van der Waals surface area contributed by atoms with E-state index in [9.17, 15) is 0 Å². The van der Waals surface area contributed by atoms with Crippen LogP contribution in [0, 0.1) is 0 Å². The van der Waals surface area contributed by atoms with Crippen molar-refractivity contribution < 1.29 is 4.74 Å². The van der Waals surface area contributed by atoms with E-state index in [1.54, 1.807) is 7.11 Å². The van der Waals surface area contributed by atoms with Gasteiger partial charge in [0.1, 0.15) is 0 Å². The molecule has 0 bridgehead atoms. The van der Waals surface area contributed by atoms with Crippen molar-refractivity contribution in [1.82, 2.24) is 14.8 Å². The van der Waals surface area contributed by atoms with Crippen LogP contribution in [-0.4, -0.2) is 67.3 Å². The van der Waals surface area contributed by atoms with E-state index in [-0.39, 0.29) is 0 Å². The number of nitrogens with zero attached hydrogens (tertiary/aromatic N) is 4. The molecule has 5 nitrogen and oxygen atoms in total. The SMILES string of the molecule is COc1cccnc1N1CCN(C(C)N2CCCC2)CC1. The molecular formula is C16H26N4O. The van der Waals surface area contributed by atoms with Gasteiger partial charge in [0.25, 0.3) is 0 Å². The van der Waals surface area contributed by atoms with E-state index in [4.69, 9.17) is 4.74 Å². The van der Waals surface area contributed by atoms with Gasteiger partial charge in [-0.3, -0.25) is 9.80 Å². The third kappa shape index (κ3) is 3.14. The van der Waals surface area contributed by atoms with Crippen molar-refractivity contribution in [3.63, 3.8) is 0 Å². The number of methoxy groups -OCH3 is 1. The van der Waals surface area contributed by atoms with Gasteiger partial charge in [-0.15, -0.1) is 0 Å². The normalized spacial score (nSPS) is 22.5. The van der Waals surface area contributed by atoms with Crippen LogP contribution in [0.3, 0.4) is 0 Å². The highest BCUT2D eigenvalue weighted by molar-refractivity contribution is 5.52. The van der Waals surface area contributed by atoms with Crippen molar-refractivity contribution in [2.24, 2.45) is 0 Å². The summed E-state index contributed by atoms with van der Waals surface area (Å²) in [7, 11) is 1.71. The first-order valence-corrected chi connectivity index (χ1v) is 8.01. The molecule has 1 aromatic rings. The summed E-state index contributed by atoms with van der Waals surface area (Å²) in [5.41, 5.74) is 0. The van der Waals surface area contributed by atoms with E-state index in [0.29, 0.717) is 6.17 Å². The molecule has 0 N–H and O–H groups in total. The van der Waals surface area contributed by atoms with Crippen LogP contribution in [0.2, 0.25) is 0 Å². The van der Waals surface area contributed by atoms with Crippen LogP contribution < -0.4 is 9.64 Å². The zero-order chi connectivity index (χ0) is 14.7. The first-order valence-electron chi connectivity index (χ1n) is 8.01. The Morgan fingerprint density at radius 1 is 1.05 bits per heavy atom. The van der Waals surface area contributed by atoms with E-state index in [0.717, 1.165) is 37.7 Å². The average molecular weight is 290 g/mol. The highest BCUT2D eigenvalue weighted by Crippen LogP contribution is 2.26. The van der Waals surface area contributed by atoms with Gasteiger partial charge in [-0.25, -0.2) is 4.98 Å². The van der Waals surface area contributed by atoms with E-state index >= 15 is 0 Å². The number of aromatic nitrogens is 1. The van der Waals surface area contributed by atoms with Gasteiger partial charge in [0.05, 0.1) is 13.3 Å². The fourth-order valence-electron chi connectivity index (χ4n) is 3.43. The zero-order valence-corrected chi connectivity index (χ0v) is 13.2. The molecule has 116 valence electrons. The summed E-state index contributed by atoms with van der Waals surface area (Å²) < 4.78 is 5.43. The van der Waals surface area contributed by atoms with Crippen molar-refractivity contribution in [1.29, 1.82) is 0 Å². The third-order valence-electron chi connectivity index (χ3n) is 4.78. The van der Waals surface area contributed by atoms with E-state index in [1.165, 1.54) is 25.9 Å². The fraction of sp³-hybridized carbons (Fsp3) is 0.688. The Bertz CT molecular complexity index is 453. The van der Waals surface area contributed by atoms with Gasteiger partial charge in [0, 0.05) is 32.4 Å². The van der Waals surface area contributed by atoms with Crippen molar-refractivity contribution in [3.8, 4) is 5.75 Å². The summed E-state index contributed by atoms with van der Waals surface area (Å²) in [5.74, 6) is 1.85. The Kier molecular flexibility index (Phi) is 4.60. The number of hydrogen-bond donors (Lipinski definition) is 0. The average Bonchev–Trinajstić information content (AvgIpc) is 3.09. The largest absolute Gasteiger partial charge is 0.493 e. The quantitative estimate of drug-likeness (QED) is 0.842. The molecule has 2 aliphatic rings. The fourth-order valence-corrected chi connectivity index (χ4v) is 3.43. The first kappa shape index (κ1) is 14.6. The van der Waals surface area contributed by atoms with Crippen LogP contribution >= 0.6 is 0 Å². The van der Waals surface area contributed by atoms with Crippen molar-refractivity contribution >= 4 is 5.82 Å². The Hall–Kier alpha value is -1.33. The molecule has 0 saturated carbocycles. The number of likely N-dealkylation sites (tertiary alicyclic amines) is 1. The van der Waals surface area contributed by atoms with Gasteiger partial charge in [0.15, 0.2) is 11.6 Å². The number of anilines is 1. The molecule has 2 saturated heterocycles. The second-order valence-corrected chi connectivity index (χ2v) is 5.93. The summed E-state index contributed by atoms with van der Waals surface area (Å²) in [6.45, 7) is 9.10. The van der Waals surface area contributed by atoms with Crippen LogP contribution in [0.15, 0.2) is 18.3 Å². The zero-order valence-electron chi connectivity index (χ0n) is 13.2. The molecule has 5 heteroatoms. The first-order chi connectivity index (χ1) is 10.3. The lowest BCUT2D eigenvalue weighted by atomic mass is 10.2. The molecule has 0 radical (unpaired) electrons. The summed E-state index contributed by atoms with van der Waals surface area (Å²) in [5, 5.41) is 0. The Balaban J connectivity index is 1.59. The summed E-state index contributed by atoms with van der Waals surface area (Å²) in [6.07, 6.45) is 5.13. The third-order valence-corrected chi connectivity index (χ3v) is 4.78. The van der Waals surface area contributed by atoms with Crippen LogP contribution in [0.4, 0.5) is 5.82 Å². The van der Waals surface area contributed by atoms with Crippen LogP contribution in [0.1, 0.15) is 19.8 Å². The van der Waals surface area contributed by atoms with Crippen molar-refractivity contribution in [3.05, 3.63) is 18.3 Å². The second kappa shape index (κ2) is 6.62. The highest BCUT2D eigenvalue weighted by atomic mass is 16.5. The van der Waals surface area contributed by atoms with Crippen LogP contribution in [0.5, 0.6) is 5.75 Å². The minimum Gasteiger partial charge on any atom is -0.493 e. The lowest BCUT2D eigenvalue weighted by Gasteiger charge is -2.41. The predicted octanol–water partition coefficient (Wildman–Crippen LogP) is 1.65. The van der Waals surface area contributed by atoms with E-state index in [2.05, 4.69) is 26.6 Å². The minimum absolute atomic E-state index is 0.570. The van der Waals surface area contributed by atoms with Crippen molar-refractivity contribution in [2.45, 2.75) is 25.9 Å². The summed E-state index contributed by atoms with van der Waals surface area (Å²) in [4.78, 5) is 12.0. The standard InChI is InChI=1S/C16H26N4O/c1-14(18-8-3-4-9-18)19-10-12-20(13-11-19)16-15(21-2)6-5-7-17-16/h5-7,14H,3-4,8-13H2,1-2H3. The molecule has 2 aliphatic heterocycles. The van der Waals surface area contributed by atoms with E-state index < -0.39 is 0 Å². The molecule has 2 fully saturated rings. The molecule has 0 aromatic carbocycles. The van der Waals surface area contributed by atoms with Gasteiger partial charge in [-0.2, -0.15) is 0 Å². The molecule has 3 rings (SSSR count). The number of hydrogen-bond acceptors (Lipinski definition) is 5. The van der Waals surface area contributed by atoms with E-state index in [1.807, 2.05) is 18.3 Å². The minimum atomic E-state index is 0.570. The van der Waals surface area contributed by atoms with Crippen molar-refractivity contribution in [2.75, 3.05) is 51.3 Å². The maximum atomic E-state index is 5.43. The molecule has 21 heavy (non-hydrogen) atoms. The number of ether oxygens (including phenoxy) is 1. The van der Waals surface area contributed by atoms with Crippen LogP contribution in [0.25, 0.3) is 0 Å². The second-order valence-electron chi connectivity index (χ2n) is 5.93. The Morgan fingerprint density at radius 3 is 2.38 bits per heavy atom. The molecule has 0 aliphatic carbocycles. The molecule has 1 unspecified atom stereocenters. The smallest absolute Gasteiger partial charge is 0.171 e. The molecular weight excluding hydrogens is 264 g/mol. The number of rotatable bonds is 4. The molecule has 1 atom stereocenters. The van der Waals surface area contributed by atoms with Crippen LogP contribution in [-0.2, 0) is 0 Å². The molecule has 3 heterocycles. The van der Waals surface area contributed by atoms with Gasteiger partial charge in [0.2, 0.25) is 0 Å². The maximum absolute atomic E-state index is 5.43. The monoisotopic (exact) mass is 290 g/mol. The summed E-state index contributed by atoms with van der Waals surface area (Å²) >= 11 is 0. The number of pyridine rings is 1. The van der Waals surface area contributed by atoms with Gasteiger partial charge < -0.3 is 9.64 Å². The topological polar surface area (TPSA) is 31.8 Å². The summed E-state index contributed by atoms with van der Waals surface area (Å²) in [6, 6.07) is 3.91. The Labute approximate surface area is 127 Å². The predicted molar refractivity (Wildman–Crippen MR) is 84.8 cm³/mol. The van der Waals surface area contributed by atoms with Gasteiger partial charge >= 0.3 is 0 Å². The van der Waals surface area contributed by atoms with Gasteiger partial charge in [-0.05, 0) is 45.0 Å². The lowest BCUT2D eigenvalue weighted by molar-refractivity contribution is 0.0680. The maximum Gasteiger partial charge on any atom is 0.171 e. The lowest BCUT2D eigenvalue weighted by Crippen LogP contribution is -2.54. The molecule has 0 spiro atoms. The highest BCUT2D eigenvalue weighted by Gasteiger charge is 2.27.